The van der Waals surface area contributed by atoms with Gasteiger partial charge in [0.15, 0.2) is 0 Å². The molecule has 4 heteroatoms. The second-order valence-corrected chi connectivity index (χ2v) is 10.6. The Bertz CT molecular complexity index is 863. The molecule has 4 nitrogen and oxygen atoms in total. The Labute approximate surface area is 169 Å². The summed E-state index contributed by atoms with van der Waals surface area (Å²) in [5.41, 5.74) is 11.7. The predicted molar refractivity (Wildman–Crippen MR) is 118 cm³/mol. The lowest BCUT2D eigenvalue weighted by molar-refractivity contribution is -0.138. The van der Waals surface area contributed by atoms with Crippen LogP contribution in [0.2, 0.25) is 0 Å². The van der Waals surface area contributed by atoms with Crippen molar-refractivity contribution in [3.63, 3.8) is 0 Å². The van der Waals surface area contributed by atoms with Crippen molar-refractivity contribution in [2.75, 3.05) is 0 Å². The molecule has 0 spiro atoms. The van der Waals surface area contributed by atoms with Crippen LogP contribution in [0.5, 0.6) is 0 Å². The second-order valence-electron chi connectivity index (χ2n) is 10.6. The van der Waals surface area contributed by atoms with E-state index < -0.39 is 12.0 Å². The number of carboxylic acid groups (broad SMARTS) is 1. The first kappa shape index (κ1) is 22.5. The standard InChI is InChI=1S/C24H38N2O2/c1-13(2)14(3)16-10-15(23(4,5)6)11-17-18(12-19(25)22(27)28)21(24(7,8)9)26-20(16)17/h10-11,13-14,19,26H,12,25H2,1-9H3,(H,27,28)/t14?,19-/m0/s1. The minimum Gasteiger partial charge on any atom is -0.480 e. The van der Waals surface area contributed by atoms with Gasteiger partial charge in [0.1, 0.15) is 6.04 Å². The van der Waals surface area contributed by atoms with Gasteiger partial charge in [-0.3, -0.25) is 4.79 Å². The summed E-state index contributed by atoms with van der Waals surface area (Å²) in [6.45, 7) is 19.9. The van der Waals surface area contributed by atoms with Crippen LogP contribution in [-0.2, 0) is 22.0 Å². The highest BCUT2D eigenvalue weighted by molar-refractivity contribution is 5.90. The maximum Gasteiger partial charge on any atom is 0.320 e. The Morgan fingerprint density at radius 2 is 1.64 bits per heavy atom. The molecule has 1 unspecified atom stereocenters. The molecule has 156 valence electrons. The molecular weight excluding hydrogens is 348 g/mol. The average Bonchev–Trinajstić information content (AvgIpc) is 2.91. The molecule has 2 atom stereocenters. The summed E-state index contributed by atoms with van der Waals surface area (Å²) in [7, 11) is 0. The van der Waals surface area contributed by atoms with Gasteiger partial charge in [0.05, 0.1) is 0 Å². The van der Waals surface area contributed by atoms with Gasteiger partial charge >= 0.3 is 5.97 Å². The van der Waals surface area contributed by atoms with Gasteiger partial charge in [-0.2, -0.15) is 0 Å². The number of carbonyl (C=O) groups is 1. The molecule has 0 aliphatic rings. The maximum absolute atomic E-state index is 11.5. The third-order valence-corrected chi connectivity index (χ3v) is 5.89. The van der Waals surface area contributed by atoms with E-state index in [4.69, 9.17) is 5.73 Å². The number of hydrogen-bond acceptors (Lipinski definition) is 2. The topological polar surface area (TPSA) is 79.1 Å². The van der Waals surface area contributed by atoms with Crippen LogP contribution in [0, 0.1) is 5.92 Å². The van der Waals surface area contributed by atoms with Gasteiger partial charge in [-0.25, -0.2) is 0 Å². The van der Waals surface area contributed by atoms with Crippen molar-refractivity contribution >= 4 is 16.9 Å². The highest BCUT2D eigenvalue weighted by Gasteiger charge is 2.29. The van der Waals surface area contributed by atoms with Gasteiger partial charge in [-0.1, -0.05) is 68.4 Å². The Hall–Kier alpha value is -1.81. The maximum atomic E-state index is 11.5. The van der Waals surface area contributed by atoms with Crippen molar-refractivity contribution in [2.24, 2.45) is 11.7 Å². The van der Waals surface area contributed by atoms with E-state index in [9.17, 15) is 9.90 Å². The lowest BCUT2D eigenvalue weighted by atomic mass is 9.80. The first-order chi connectivity index (χ1) is 12.6. The lowest BCUT2D eigenvalue weighted by Gasteiger charge is -2.24. The first-order valence-electron chi connectivity index (χ1n) is 10.3. The Morgan fingerprint density at radius 1 is 1.07 bits per heavy atom. The molecule has 2 aromatic rings. The molecule has 1 heterocycles. The molecule has 4 N–H and O–H groups in total. The number of H-pyrrole nitrogens is 1. The monoisotopic (exact) mass is 386 g/mol. The van der Waals surface area contributed by atoms with Crippen LogP contribution in [0.15, 0.2) is 12.1 Å². The predicted octanol–water partition coefficient (Wildman–Crippen LogP) is 5.48. The number of fused-ring (bicyclic) bond motifs is 1. The number of hydrogen-bond donors (Lipinski definition) is 3. The van der Waals surface area contributed by atoms with Gasteiger partial charge in [0.25, 0.3) is 0 Å². The molecule has 1 aromatic heterocycles. The SMILES string of the molecule is CC(C)C(C)c1cc(C(C)(C)C)cc2c(C[C@H](N)C(=O)O)c(C(C)(C)C)[nH]c12. The summed E-state index contributed by atoms with van der Waals surface area (Å²) in [5.74, 6) is -0.0706. The molecule has 2 rings (SSSR count). The summed E-state index contributed by atoms with van der Waals surface area (Å²) >= 11 is 0. The quantitative estimate of drug-likeness (QED) is 0.637. The van der Waals surface area contributed by atoms with Crippen LogP contribution in [0.4, 0.5) is 0 Å². The van der Waals surface area contributed by atoms with Crippen molar-refractivity contribution in [1.29, 1.82) is 0 Å². The van der Waals surface area contributed by atoms with Crippen LogP contribution in [0.3, 0.4) is 0 Å². The summed E-state index contributed by atoms with van der Waals surface area (Å²) < 4.78 is 0. The highest BCUT2D eigenvalue weighted by Crippen LogP contribution is 2.40. The number of aromatic nitrogens is 1. The summed E-state index contributed by atoms with van der Waals surface area (Å²) in [6, 6.07) is 3.66. The fraction of sp³-hybridized carbons (Fsp3) is 0.625. The van der Waals surface area contributed by atoms with E-state index in [1.807, 2.05) is 0 Å². The molecule has 0 radical (unpaired) electrons. The van der Waals surface area contributed by atoms with Crippen LogP contribution in [-0.4, -0.2) is 22.1 Å². The second kappa shape index (κ2) is 7.55. The fourth-order valence-corrected chi connectivity index (χ4v) is 3.69. The van der Waals surface area contributed by atoms with E-state index >= 15 is 0 Å². The number of rotatable bonds is 5. The van der Waals surface area contributed by atoms with E-state index in [0.29, 0.717) is 18.3 Å². The zero-order chi connectivity index (χ0) is 21.6. The Kier molecular flexibility index (Phi) is 6.06. The van der Waals surface area contributed by atoms with Crippen molar-refractivity contribution in [3.8, 4) is 0 Å². The van der Waals surface area contributed by atoms with Crippen LogP contribution < -0.4 is 5.73 Å². The van der Waals surface area contributed by atoms with Gasteiger partial charge < -0.3 is 15.8 Å². The molecule has 0 aliphatic carbocycles. The van der Waals surface area contributed by atoms with Crippen LogP contribution >= 0.6 is 0 Å². The van der Waals surface area contributed by atoms with Crippen molar-refractivity contribution in [1.82, 2.24) is 4.98 Å². The number of aliphatic carboxylic acids is 1. The molecule has 0 aliphatic heterocycles. The minimum atomic E-state index is -0.961. The van der Waals surface area contributed by atoms with E-state index in [-0.39, 0.29) is 10.8 Å². The van der Waals surface area contributed by atoms with Gasteiger partial charge in [0, 0.05) is 28.4 Å². The van der Waals surface area contributed by atoms with Gasteiger partial charge in [-0.15, -0.1) is 0 Å². The van der Waals surface area contributed by atoms with Crippen LogP contribution in [0.1, 0.15) is 90.6 Å². The summed E-state index contributed by atoms with van der Waals surface area (Å²) in [5, 5.41) is 10.5. The first-order valence-corrected chi connectivity index (χ1v) is 10.3. The minimum absolute atomic E-state index is 0.00495. The zero-order valence-electron chi connectivity index (χ0n) is 19.0. The zero-order valence-corrected chi connectivity index (χ0v) is 19.0. The molecular formula is C24H38N2O2. The van der Waals surface area contributed by atoms with Crippen LogP contribution in [0.25, 0.3) is 10.9 Å². The molecule has 0 saturated heterocycles. The van der Waals surface area contributed by atoms with Crippen molar-refractivity contribution in [3.05, 3.63) is 34.5 Å². The largest absolute Gasteiger partial charge is 0.480 e. The number of nitrogens with one attached hydrogen (secondary N) is 1. The third kappa shape index (κ3) is 4.43. The average molecular weight is 387 g/mol. The number of carboxylic acids is 1. The molecule has 0 amide bonds. The lowest BCUT2D eigenvalue weighted by Crippen LogP contribution is -2.33. The van der Waals surface area contributed by atoms with E-state index in [1.165, 1.54) is 11.1 Å². The summed E-state index contributed by atoms with van der Waals surface area (Å²) in [4.78, 5) is 15.2. The number of nitrogens with two attached hydrogens (primary N) is 1. The Morgan fingerprint density at radius 3 is 2.07 bits per heavy atom. The van der Waals surface area contributed by atoms with E-state index in [2.05, 4.69) is 79.4 Å². The van der Waals surface area contributed by atoms with Crippen molar-refractivity contribution in [2.45, 2.75) is 91.5 Å². The molecule has 0 bridgehead atoms. The molecule has 0 fully saturated rings. The van der Waals surface area contributed by atoms with Gasteiger partial charge in [-0.05, 0) is 40.0 Å². The fourth-order valence-electron chi connectivity index (χ4n) is 3.69. The highest BCUT2D eigenvalue weighted by atomic mass is 16.4. The van der Waals surface area contributed by atoms with Gasteiger partial charge in [0.2, 0.25) is 0 Å². The van der Waals surface area contributed by atoms with E-state index in [1.54, 1.807) is 0 Å². The smallest absolute Gasteiger partial charge is 0.320 e. The molecule has 28 heavy (non-hydrogen) atoms. The normalized spacial score (nSPS) is 15.2. The molecule has 0 saturated carbocycles. The van der Waals surface area contributed by atoms with E-state index in [0.717, 1.165) is 22.2 Å². The summed E-state index contributed by atoms with van der Waals surface area (Å²) in [6.07, 6.45) is 0.324. The molecule has 1 aromatic carbocycles. The van der Waals surface area contributed by atoms with Crippen molar-refractivity contribution < 1.29 is 9.90 Å². The number of benzene rings is 1. The number of aromatic amines is 1. The Balaban J connectivity index is 2.91. The third-order valence-electron chi connectivity index (χ3n) is 5.89.